The smallest absolute Gasteiger partial charge is 0.137 e. The predicted octanol–water partition coefficient (Wildman–Crippen LogP) is 11.3. The summed E-state index contributed by atoms with van der Waals surface area (Å²) in [5.74, 6) is 0.404. The molecule has 0 saturated heterocycles. The van der Waals surface area contributed by atoms with Crippen LogP contribution >= 0.6 is 0 Å². The third-order valence-electron chi connectivity index (χ3n) is 8.94. The molecular weight excluding hydrogens is 534 g/mol. The van der Waals surface area contributed by atoms with Crippen molar-refractivity contribution >= 4 is 38.9 Å². The number of hydrogen-bond acceptors (Lipinski definition) is 2. The molecule has 0 bridgehead atoms. The van der Waals surface area contributed by atoms with Crippen molar-refractivity contribution in [3.8, 4) is 11.1 Å². The van der Waals surface area contributed by atoms with Crippen LogP contribution in [0.3, 0.4) is 0 Å². The van der Waals surface area contributed by atoms with Gasteiger partial charge in [0.2, 0.25) is 0 Å². The van der Waals surface area contributed by atoms with E-state index < -0.39 is 0 Å². The summed E-state index contributed by atoms with van der Waals surface area (Å²) in [6.45, 7) is 0. The van der Waals surface area contributed by atoms with Gasteiger partial charge in [-0.15, -0.1) is 0 Å². The second kappa shape index (κ2) is 11.4. The van der Waals surface area contributed by atoms with Crippen LogP contribution in [-0.4, -0.2) is 6.04 Å². The zero-order chi connectivity index (χ0) is 29.3. The summed E-state index contributed by atoms with van der Waals surface area (Å²) < 4.78 is 6.33. The molecule has 0 amide bonds. The van der Waals surface area contributed by atoms with Crippen molar-refractivity contribution in [3.05, 3.63) is 175 Å². The van der Waals surface area contributed by atoms with E-state index in [1.54, 1.807) is 0 Å². The Hall–Kier alpha value is -5.34. The van der Waals surface area contributed by atoms with Crippen LogP contribution in [0.1, 0.15) is 18.4 Å². The van der Waals surface area contributed by atoms with E-state index in [9.17, 15) is 0 Å². The van der Waals surface area contributed by atoms with E-state index in [0.717, 1.165) is 40.5 Å². The number of fused-ring (bicyclic) bond motifs is 3. The number of nitrogens with zero attached hydrogens (tertiary/aromatic N) is 1. The molecule has 2 aliphatic carbocycles. The summed E-state index contributed by atoms with van der Waals surface area (Å²) in [5, 5.41) is 2.30. The molecule has 2 atom stereocenters. The molecule has 6 aromatic rings. The van der Waals surface area contributed by atoms with Crippen molar-refractivity contribution < 1.29 is 4.42 Å². The van der Waals surface area contributed by atoms with E-state index in [1.165, 1.54) is 33.5 Å². The minimum atomic E-state index is 0.176. The van der Waals surface area contributed by atoms with E-state index in [0.29, 0.717) is 5.92 Å². The first-order valence-corrected chi connectivity index (χ1v) is 15.5. The lowest BCUT2D eigenvalue weighted by Crippen LogP contribution is -2.30. The van der Waals surface area contributed by atoms with Gasteiger partial charge in [0, 0.05) is 34.1 Å². The summed E-state index contributed by atoms with van der Waals surface area (Å²) in [6.07, 6.45) is 16.2. The van der Waals surface area contributed by atoms with Gasteiger partial charge in [-0.2, -0.15) is 0 Å². The van der Waals surface area contributed by atoms with Crippen molar-refractivity contribution in [2.45, 2.75) is 18.9 Å². The largest absolute Gasteiger partial charge is 0.456 e. The molecule has 0 aliphatic heterocycles. The summed E-state index contributed by atoms with van der Waals surface area (Å²) in [7, 11) is 0. The van der Waals surface area contributed by atoms with Gasteiger partial charge in [-0.05, 0) is 71.0 Å². The average molecular weight is 568 g/mol. The van der Waals surface area contributed by atoms with Gasteiger partial charge in [0.1, 0.15) is 11.2 Å². The molecular formula is C42H33NO. The number of hydrogen-bond donors (Lipinski definition) is 0. The highest BCUT2D eigenvalue weighted by Gasteiger charge is 2.24. The lowest BCUT2D eigenvalue weighted by Gasteiger charge is -2.34. The Morgan fingerprint density at radius 3 is 2.02 bits per heavy atom. The standard InChI is InChI=1S/C42H33NO/c1-3-10-30(11-4-1)32-18-20-33(21-19-32)34-22-24-36(25-23-34)43(37-15-9-14-35(28-37)31-12-5-2-6-13-31)38-26-27-40-39-16-7-8-17-41(39)44-42(40)29-38/h1-20,22-24,26-29,33,36H,21,25H2. The van der Waals surface area contributed by atoms with Gasteiger partial charge in [0.25, 0.3) is 0 Å². The summed E-state index contributed by atoms with van der Waals surface area (Å²) in [4.78, 5) is 2.47. The molecule has 0 spiro atoms. The maximum absolute atomic E-state index is 6.33. The molecule has 0 N–H and O–H groups in total. The quantitative estimate of drug-likeness (QED) is 0.199. The third kappa shape index (κ3) is 4.99. The third-order valence-corrected chi connectivity index (χ3v) is 8.94. The van der Waals surface area contributed by atoms with Crippen molar-refractivity contribution in [1.82, 2.24) is 0 Å². The van der Waals surface area contributed by atoms with Crippen molar-refractivity contribution in [1.29, 1.82) is 0 Å². The Labute approximate surface area is 258 Å². The maximum Gasteiger partial charge on any atom is 0.137 e. The van der Waals surface area contributed by atoms with Crippen molar-refractivity contribution in [2.24, 2.45) is 5.92 Å². The molecule has 5 aromatic carbocycles. The van der Waals surface area contributed by atoms with Crippen LogP contribution in [0.4, 0.5) is 11.4 Å². The molecule has 212 valence electrons. The van der Waals surface area contributed by atoms with Crippen molar-refractivity contribution in [2.75, 3.05) is 4.90 Å². The first-order valence-electron chi connectivity index (χ1n) is 15.5. The lowest BCUT2D eigenvalue weighted by atomic mass is 9.85. The SMILES string of the molecule is C1=CC(C2=CCC(N(c3cccc(-c4ccccc4)c3)c3ccc4c(c3)oc3ccccc34)C=C2)CC=C1c1ccccc1. The highest BCUT2D eigenvalue weighted by atomic mass is 16.3. The van der Waals surface area contributed by atoms with Gasteiger partial charge in [0.05, 0.1) is 6.04 Å². The number of para-hydroxylation sites is 1. The molecule has 2 heteroatoms. The van der Waals surface area contributed by atoms with E-state index in [4.69, 9.17) is 4.42 Å². The van der Waals surface area contributed by atoms with E-state index in [2.05, 4.69) is 157 Å². The molecule has 2 nitrogen and oxygen atoms in total. The fourth-order valence-corrected chi connectivity index (χ4v) is 6.67. The Balaban J connectivity index is 1.12. The summed E-state index contributed by atoms with van der Waals surface area (Å²) in [5.41, 5.74) is 10.5. The predicted molar refractivity (Wildman–Crippen MR) is 185 cm³/mol. The number of benzene rings is 5. The molecule has 2 aliphatic rings. The average Bonchev–Trinajstić information content (AvgIpc) is 3.48. The fraction of sp³-hybridized carbons (Fsp3) is 0.0952. The van der Waals surface area contributed by atoms with E-state index in [1.807, 2.05) is 12.1 Å². The van der Waals surface area contributed by atoms with Gasteiger partial charge in [-0.25, -0.2) is 0 Å². The highest BCUT2D eigenvalue weighted by molar-refractivity contribution is 6.05. The van der Waals surface area contributed by atoms with Crippen LogP contribution in [0.2, 0.25) is 0 Å². The van der Waals surface area contributed by atoms with Crippen LogP contribution in [0.25, 0.3) is 38.6 Å². The minimum absolute atomic E-state index is 0.176. The Morgan fingerprint density at radius 1 is 0.523 bits per heavy atom. The maximum atomic E-state index is 6.33. The van der Waals surface area contributed by atoms with Crippen LogP contribution < -0.4 is 4.90 Å². The Morgan fingerprint density at radius 2 is 1.25 bits per heavy atom. The second-order valence-corrected chi connectivity index (χ2v) is 11.7. The van der Waals surface area contributed by atoms with Crippen LogP contribution in [0, 0.1) is 5.92 Å². The van der Waals surface area contributed by atoms with Crippen molar-refractivity contribution in [3.63, 3.8) is 0 Å². The van der Waals surface area contributed by atoms with Gasteiger partial charge < -0.3 is 9.32 Å². The lowest BCUT2D eigenvalue weighted by molar-refractivity contribution is 0.668. The number of rotatable bonds is 6. The van der Waals surface area contributed by atoms with E-state index in [-0.39, 0.29) is 6.04 Å². The highest BCUT2D eigenvalue weighted by Crippen LogP contribution is 2.39. The van der Waals surface area contributed by atoms with Crippen LogP contribution in [0.5, 0.6) is 0 Å². The molecule has 0 fully saturated rings. The fourth-order valence-electron chi connectivity index (χ4n) is 6.67. The number of anilines is 2. The second-order valence-electron chi connectivity index (χ2n) is 11.7. The molecule has 8 rings (SSSR count). The normalized spacial score (nSPS) is 17.9. The molecule has 0 radical (unpaired) electrons. The Kier molecular flexibility index (Phi) is 6.81. The summed E-state index contributed by atoms with van der Waals surface area (Å²) >= 11 is 0. The van der Waals surface area contributed by atoms with Gasteiger partial charge >= 0.3 is 0 Å². The number of furan rings is 1. The first kappa shape index (κ1) is 26.3. The Bertz CT molecular complexity index is 2080. The monoisotopic (exact) mass is 567 g/mol. The zero-order valence-electron chi connectivity index (χ0n) is 24.5. The van der Waals surface area contributed by atoms with Gasteiger partial charge in [0.15, 0.2) is 0 Å². The minimum Gasteiger partial charge on any atom is -0.456 e. The topological polar surface area (TPSA) is 16.4 Å². The van der Waals surface area contributed by atoms with E-state index >= 15 is 0 Å². The molecule has 44 heavy (non-hydrogen) atoms. The zero-order valence-corrected chi connectivity index (χ0v) is 24.5. The van der Waals surface area contributed by atoms with Crippen LogP contribution in [0.15, 0.2) is 174 Å². The van der Waals surface area contributed by atoms with Crippen LogP contribution in [-0.2, 0) is 0 Å². The molecule has 2 unspecified atom stereocenters. The number of allylic oxidation sites excluding steroid dienone is 6. The summed E-state index contributed by atoms with van der Waals surface area (Å²) in [6, 6.07) is 45.3. The molecule has 0 saturated carbocycles. The molecule has 1 heterocycles. The molecule has 1 aromatic heterocycles. The first-order chi connectivity index (χ1) is 21.8. The van der Waals surface area contributed by atoms with Gasteiger partial charge in [-0.1, -0.05) is 127 Å². The van der Waals surface area contributed by atoms with Gasteiger partial charge in [-0.3, -0.25) is 0 Å².